The van der Waals surface area contributed by atoms with E-state index in [9.17, 15) is 4.39 Å². The SMILES string of the molecule is N=C(CCF)Cc1ncccn1. The number of aromatic nitrogens is 2. The van der Waals surface area contributed by atoms with Gasteiger partial charge in [0.05, 0.1) is 6.67 Å². The summed E-state index contributed by atoms with van der Waals surface area (Å²) in [6.07, 6.45) is 3.76. The molecule has 1 aromatic heterocycles. The fourth-order valence-electron chi connectivity index (χ4n) is 0.815. The fraction of sp³-hybridized carbons (Fsp3) is 0.375. The topological polar surface area (TPSA) is 49.6 Å². The van der Waals surface area contributed by atoms with Gasteiger partial charge in [-0.3, -0.25) is 4.39 Å². The van der Waals surface area contributed by atoms with Gasteiger partial charge in [-0.2, -0.15) is 0 Å². The van der Waals surface area contributed by atoms with Crippen molar-refractivity contribution in [3.05, 3.63) is 24.3 Å². The first-order chi connectivity index (χ1) is 5.83. The van der Waals surface area contributed by atoms with E-state index in [0.29, 0.717) is 18.0 Å². The molecular weight excluding hydrogens is 157 g/mol. The quantitative estimate of drug-likeness (QED) is 0.689. The van der Waals surface area contributed by atoms with Gasteiger partial charge in [0.1, 0.15) is 5.82 Å². The summed E-state index contributed by atoms with van der Waals surface area (Å²) in [6.45, 7) is -0.480. The minimum atomic E-state index is -0.480. The Hall–Kier alpha value is -1.32. The summed E-state index contributed by atoms with van der Waals surface area (Å²) in [4.78, 5) is 7.85. The van der Waals surface area contributed by atoms with Gasteiger partial charge in [-0.25, -0.2) is 9.97 Å². The highest BCUT2D eigenvalue weighted by atomic mass is 19.1. The Morgan fingerprint density at radius 1 is 1.42 bits per heavy atom. The second-order valence-electron chi connectivity index (χ2n) is 2.38. The number of hydrogen-bond donors (Lipinski definition) is 1. The molecule has 0 amide bonds. The molecule has 1 aromatic rings. The first-order valence-corrected chi connectivity index (χ1v) is 3.71. The predicted octanol–water partition coefficient (Wildman–Crippen LogP) is 1.40. The molecule has 0 atom stereocenters. The lowest BCUT2D eigenvalue weighted by Crippen LogP contribution is -2.05. The van der Waals surface area contributed by atoms with Crippen LogP contribution in [0.4, 0.5) is 4.39 Å². The predicted molar refractivity (Wildman–Crippen MR) is 44.1 cm³/mol. The first kappa shape index (κ1) is 8.77. The second kappa shape index (κ2) is 4.54. The number of hydrogen-bond acceptors (Lipinski definition) is 3. The van der Waals surface area contributed by atoms with Crippen molar-refractivity contribution in [1.29, 1.82) is 5.41 Å². The molecule has 4 heteroatoms. The molecule has 0 radical (unpaired) electrons. The smallest absolute Gasteiger partial charge is 0.133 e. The highest BCUT2D eigenvalue weighted by Crippen LogP contribution is 1.94. The zero-order chi connectivity index (χ0) is 8.81. The molecule has 0 bridgehead atoms. The Bertz CT molecular complexity index is 248. The van der Waals surface area contributed by atoms with E-state index in [0.717, 1.165) is 0 Å². The average molecular weight is 167 g/mol. The van der Waals surface area contributed by atoms with Gasteiger partial charge in [0.15, 0.2) is 0 Å². The minimum absolute atomic E-state index is 0.179. The second-order valence-corrected chi connectivity index (χ2v) is 2.38. The van der Waals surface area contributed by atoms with Crippen LogP contribution in [0.2, 0.25) is 0 Å². The maximum Gasteiger partial charge on any atom is 0.133 e. The summed E-state index contributed by atoms with van der Waals surface area (Å²) in [7, 11) is 0. The molecule has 0 fully saturated rings. The standard InChI is InChI=1S/C8H10FN3/c9-3-2-7(10)6-8-11-4-1-5-12-8/h1,4-5,10H,2-3,6H2. The van der Waals surface area contributed by atoms with E-state index >= 15 is 0 Å². The average Bonchev–Trinajstić information content (AvgIpc) is 2.06. The lowest BCUT2D eigenvalue weighted by Gasteiger charge is -1.98. The first-order valence-electron chi connectivity index (χ1n) is 3.71. The van der Waals surface area contributed by atoms with Gasteiger partial charge >= 0.3 is 0 Å². The van der Waals surface area contributed by atoms with E-state index < -0.39 is 6.67 Å². The fourth-order valence-corrected chi connectivity index (χ4v) is 0.815. The van der Waals surface area contributed by atoms with Crippen LogP contribution in [-0.4, -0.2) is 22.4 Å². The summed E-state index contributed by atoms with van der Waals surface area (Å²) < 4.78 is 11.8. The van der Waals surface area contributed by atoms with Gasteiger partial charge in [-0.1, -0.05) is 0 Å². The van der Waals surface area contributed by atoms with E-state index in [4.69, 9.17) is 5.41 Å². The summed E-state index contributed by atoms with van der Waals surface area (Å²) in [5, 5.41) is 7.31. The van der Waals surface area contributed by atoms with E-state index in [1.165, 1.54) is 0 Å². The Morgan fingerprint density at radius 2 is 2.08 bits per heavy atom. The molecule has 3 nitrogen and oxygen atoms in total. The largest absolute Gasteiger partial charge is 0.309 e. The van der Waals surface area contributed by atoms with Crippen LogP contribution in [0.3, 0.4) is 0 Å². The van der Waals surface area contributed by atoms with E-state index in [1.807, 2.05) is 0 Å². The van der Waals surface area contributed by atoms with Crippen molar-refractivity contribution in [3.8, 4) is 0 Å². The summed E-state index contributed by atoms with van der Waals surface area (Å²) >= 11 is 0. The van der Waals surface area contributed by atoms with Crippen LogP contribution < -0.4 is 0 Å². The zero-order valence-corrected chi connectivity index (χ0v) is 6.63. The lowest BCUT2D eigenvalue weighted by molar-refractivity contribution is 0.506. The molecule has 0 spiro atoms. The normalized spacial score (nSPS) is 9.75. The van der Waals surface area contributed by atoms with Crippen molar-refractivity contribution in [2.45, 2.75) is 12.8 Å². The van der Waals surface area contributed by atoms with Crippen molar-refractivity contribution in [1.82, 2.24) is 9.97 Å². The molecule has 64 valence electrons. The van der Waals surface area contributed by atoms with Gasteiger partial charge in [-0.15, -0.1) is 0 Å². The summed E-state index contributed by atoms with van der Waals surface area (Å²) in [5.41, 5.74) is 0.337. The van der Waals surface area contributed by atoms with Gasteiger partial charge in [-0.05, 0) is 6.07 Å². The van der Waals surface area contributed by atoms with Gasteiger partial charge < -0.3 is 5.41 Å². The Morgan fingerprint density at radius 3 is 2.67 bits per heavy atom. The molecule has 0 aliphatic rings. The number of rotatable bonds is 4. The van der Waals surface area contributed by atoms with Crippen LogP contribution in [0.1, 0.15) is 12.2 Å². The molecule has 12 heavy (non-hydrogen) atoms. The molecular formula is C8H10FN3. The van der Waals surface area contributed by atoms with E-state index in [2.05, 4.69) is 9.97 Å². The van der Waals surface area contributed by atoms with Crippen molar-refractivity contribution in [2.75, 3.05) is 6.67 Å². The molecule has 1 rings (SSSR count). The van der Waals surface area contributed by atoms with Crippen molar-refractivity contribution >= 4 is 5.71 Å². The van der Waals surface area contributed by atoms with Crippen LogP contribution in [0, 0.1) is 5.41 Å². The zero-order valence-electron chi connectivity index (χ0n) is 6.63. The molecule has 1 heterocycles. The van der Waals surface area contributed by atoms with Crippen molar-refractivity contribution in [3.63, 3.8) is 0 Å². The van der Waals surface area contributed by atoms with Crippen LogP contribution in [0.25, 0.3) is 0 Å². The summed E-state index contributed by atoms with van der Waals surface area (Å²) in [6, 6.07) is 1.71. The third-order valence-corrected chi connectivity index (χ3v) is 1.39. The monoisotopic (exact) mass is 167 g/mol. The molecule has 0 aliphatic heterocycles. The lowest BCUT2D eigenvalue weighted by atomic mass is 10.2. The highest BCUT2D eigenvalue weighted by molar-refractivity contribution is 5.82. The van der Waals surface area contributed by atoms with E-state index in [-0.39, 0.29) is 6.42 Å². The third-order valence-electron chi connectivity index (χ3n) is 1.39. The Balaban J connectivity index is 2.47. The molecule has 0 unspecified atom stereocenters. The third kappa shape index (κ3) is 2.74. The highest BCUT2D eigenvalue weighted by Gasteiger charge is 2.00. The van der Waals surface area contributed by atoms with Crippen LogP contribution >= 0.6 is 0 Å². The van der Waals surface area contributed by atoms with E-state index in [1.54, 1.807) is 18.5 Å². The maximum absolute atomic E-state index is 11.8. The molecule has 0 aliphatic carbocycles. The van der Waals surface area contributed by atoms with Gasteiger partial charge in [0.2, 0.25) is 0 Å². The Labute approximate surface area is 70.2 Å². The van der Waals surface area contributed by atoms with Gasteiger partial charge in [0.25, 0.3) is 0 Å². The van der Waals surface area contributed by atoms with Crippen LogP contribution in [0.5, 0.6) is 0 Å². The molecule has 1 N–H and O–H groups in total. The maximum atomic E-state index is 11.8. The number of halogens is 1. The molecule has 0 saturated carbocycles. The van der Waals surface area contributed by atoms with Gasteiger partial charge in [0, 0.05) is 30.9 Å². The number of nitrogens with one attached hydrogen (secondary N) is 1. The van der Waals surface area contributed by atoms with Crippen LogP contribution in [0.15, 0.2) is 18.5 Å². The van der Waals surface area contributed by atoms with Crippen LogP contribution in [-0.2, 0) is 6.42 Å². The molecule has 0 aromatic carbocycles. The van der Waals surface area contributed by atoms with Crippen molar-refractivity contribution < 1.29 is 4.39 Å². The Kier molecular flexibility index (Phi) is 3.32. The number of nitrogens with zero attached hydrogens (tertiary/aromatic N) is 2. The molecule has 0 saturated heterocycles. The summed E-state index contributed by atoms with van der Waals surface area (Å²) in [5.74, 6) is 0.580. The van der Waals surface area contributed by atoms with Crippen molar-refractivity contribution in [2.24, 2.45) is 0 Å². The number of alkyl halides is 1. The minimum Gasteiger partial charge on any atom is -0.309 e.